The second kappa shape index (κ2) is 7.95. The van der Waals surface area contributed by atoms with Gasteiger partial charge in [-0.1, -0.05) is 30.7 Å². The summed E-state index contributed by atoms with van der Waals surface area (Å²) < 4.78 is 5.33. The molecular weight excluding hydrogens is 302 g/mol. The first kappa shape index (κ1) is 17.3. The first-order chi connectivity index (χ1) is 10.5. The first-order valence-corrected chi connectivity index (χ1v) is 8.18. The zero-order valence-corrected chi connectivity index (χ0v) is 13.8. The van der Waals surface area contributed by atoms with Gasteiger partial charge in [0.15, 0.2) is 0 Å². The number of rotatable bonds is 5. The summed E-state index contributed by atoms with van der Waals surface area (Å²) in [6.07, 6.45) is 1.09. The fourth-order valence-electron chi connectivity index (χ4n) is 2.81. The van der Waals surface area contributed by atoms with Crippen molar-refractivity contribution >= 4 is 17.5 Å². The number of aliphatic hydroxyl groups excluding tert-OH is 1. The Morgan fingerprint density at radius 3 is 2.45 bits per heavy atom. The summed E-state index contributed by atoms with van der Waals surface area (Å²) in [7, 11) is 0. The number of carbonyl (C=O) groups excluding carboxylic acids is 1. The van der Waals surface area contributed by atoms with Crippen LogP contribution in [0.3, 0.4) is 0 Å². The molecule has 122 valence electrons. The van der Waals surface area contributed by atoms with Crippen LogP contribution in [0.1, 0.15) is 38.4 Å². The Bertz CT molecular complexity index is 485. The van der Waals surface area contributed by atoms with Crippen LogP contribution in [-0.2, 0) is 9.53 Å². The zero-order chi connectivity index (χ0) is 16.1. The van der Waals surface area contributed by atoms with E-state index in [1.165, 1.54) is 0 Å². The smallest absolute Gasteiger partial charge is 0.223 e. The molecule has 0 radical (unpaired) electrons. The highest BCUT2D eigenvalue weighted by Gasteiger charge is 2.28. The monoisotopic (exact) mass is 325 g/mol. The van der Waals surface area contributed by atoms with Gasteiger partial charge in [-0.15, -0.1) is 0 Å². The van der Waals surface area contributed by atoms with E-state index in [0.29, 0.717) is 10.9 Å². The maximum absolute atomic E-state index is 12.4. The molecule has 0 bridgehead atoms. The molecule has 1 heterocycles. The highest BCUT2D eigenvalue weighted by molar-refractivity contribution is 6.30. The van der Waals surface area contributed by atoms with Crippen LogP contribution < -0.4 is 5.32 Å². The summed E-state index contributed by atoms with van der Waals surface area (Å²) in [6.45, 7) is 5.22. The number of hydrogen-bond donors (Lipinski definition) is 2. The van der Waals surface area contributed by atoms with E-state index in [2.05, 4.69) is 5.32 Å². The Hall–Kier alpha value is -1.10. The van der Waals surface area contributed by atoms with Crippen LogP contribution in [0.4, 0.5) is 0 Å². The first-order valence-electron chi connectivity index (χ1n) is 7.80. The van der Waals surface area contributed by atoms with E-state index in [4.69, 9.17) is 16.3 Å². The van der Waals surface area contributed by atoms with Gasteiger partial charge in [-0.25, -0.2) is 0 Å². The van der Waals surface area contributed by atoms with Crippen LogP contribution in [0.15, 0.2) is 24.3 Å². The molecule has 1 saturated heterocycles. The maximum Gasteiger partial charge on any atom is 0.223 e. The van der Waals surface area contributed by atoms with E-state index < -0.39 is 6.10 Å². The molecular formula is C17H24ClNO3. The van der Waals surface area contributed by atoms with Crippen LogP contribution in [0, 0.1) is 11.8 Å². The molecule has 5 heteroatoms. The standard InChI is InChI=1S/C17H24ClNO3/c1-11(13-7-9-22-10-8-13)17(21)19-12(2)16(20)14-3-5-15(18)6-4-14/h3-6,11-13,16,20H,7-10H2,1-2H3,(H,19,21). The van der Waals surface area contributed by atoms with Crippen LogP contribution >= 0.6 is 11.6 Å². The molecule has 1 amide bonds. The van der Waals surface area contributed by atoms with Crippen molar-refractivity contribution in [3.63, 3.8) is 0 Å². The van der Waals surface area contributed by atoms with Crippen molar-refractivity contribution in [3.05, 3.63) is 34.9 Å². The highest BCUT2D eigenvalue weighted by Crippen LogP contribution is 2.25. The molecule has 0 aromatic heterocycles. The van der Waals surface area contributed by atoms with Gasteiger partial charge in [0.25, 0.3) is 0 Å². The minimum absolute atomic E-state index is 0.00702. The summed E-state index contributed by atoms with van der Waals surface area (Å²) >= 11 is 5.85. The van der Waals surface area contributed by atoms with Gasteiger partial charge in [0.2, 0.25) is 5.91 Å². The predicted molar refractivity (Wildman–Crippen MR) is 86.7 cm³/mol. The van der Waals surface area contributed by atoms with Crippen molar-refractivity contribution < 1.29 is 14.6 Å². The second-order valence-electron chi connectivity index (χ2n) is 6.03. The number of aliphatic hydroxyl groups is 1. The number of hydrogen-bond acceptors (Lipinski definition) is 3. The van der Waals surface area contributed by atoms with Crippen molar-refractivity contribution in [2.24, 2.45) is 11.8 Å². The van der Waals surface area contributed by atoms with Crippen molar-refractivity contribution in [1.82, 2.24) is 5.32 Å². The van der Waals surface area contributed by atoms with Gasteiger partial charge in [0, 0.05) is 24.2 Å². The number of ether oxygens (including phenoxy) is 1. The van der Waals surface area contributed by atoms with Crippen LogP contribution in [0.2, 0.25) is 5.02 Å². The van der Waals surface area contributed by atoms with Crippen molar-refractivity contribution in [2.75, 3.05) is 13.2 Å². The van der Waals surface area contributed by atoms with Gasteiger partial charge in [-0.2, -0.15) is 0 Å². The van der Waals surface area contributed by atoms with E-state index in [-0.39, 0.29) is 17.9 Å². The van der Waals surface area contributed by atoms with Crippen LogP contribution in [0.5, 0.6) is 0 Å². The van der Waals surface area contributed by atoms with E-state index >= 15 is 0 Å². The van der Waals surface area contributed by atoms with Gasteiger partial charge in [-0.05, 0) is 43.4 Å². The summed E-state index contributed by atoms with van der Waals surface area (Å²) in [6, 6.07) is 6.67. The molecule has 2 rings (SSSR count). The van der Waals surface area contributed by atoms with Gasteiger partial charge in [0.1, 0.15) is 0 Å². The largest absolute Gasteiger partial charge is 0.386 e. The minimum atomic E-state index is -0.747. The Morgan fingerprint density at radius 2 is 1.86 bits per heavy atom. The number of carbonyl (C=O) groups is 1. The number of amides is 1. The lowest BCUT2D eigenvalue weighted by Gasteiger charge is -2.29. The molecule has 0 aliphatic carbocycles. The topological polar surface area (TPSA) is 58.6 Å². The van der Waals surface area contributed by atoms with Crippen molar-refractivity contribution in [2.45, 2.75) is 38.8 Å². The summed E-state index contributed by atoms with van der Waals surface area (Å²) in [5, 5.41) is 13.9. The number of halogens is 1. The molecule has 22 heavy (non-hydrogen) atoms. The predicted octanol–water partition coefficient (Wildman–Crippen LogP) is 2.94. The molecule has 1 fully saturated rings. The third kappa shape index (κ3) is 4.45. The Balaban J connectivity index is 1.90. The summed E-state index contributed by atoms with van der Waals surface area (Å²) in [5.41, 5.74) is 0.746. The van der Waals surface area contributed by atoms with E-state index in [1.807, 2.05) is 13.8 Å². The second-order valence-corrected chi connectivity index (χ2v) is 6.47. The van der Waals surface area contributed by atoms with E-state index in [0.717, 1.165) is 31.6 Å². The summed E-state index contributed by atoms with van der Waals surface area (Å²) in [4.78, 5) is 12.4. The normalized spacial score (nSPS) is 20.2. The molecule has 4 nitrogen and oxygen atoms in total. The van der Waals surface area contributed by atoms with Gasteiger partial charge >= 0.3 is 0 Å². The van der Waals surface area contributed by atoms with Crippen molar-refractivity contribution in [3.8, 4) is 0 Å². The molecule has 0 spiro atoms. The average Bonchev–Trinajstić information content (AvgIpc) is 2.54. The van der Waals surface area contributed by atoms with Gasteiger partial charge in [-0.3, -0.25) is 4.79 Å². The third-order valence-corrected chi connectivity index (χ3v) is 4.69. The molecule has 1 aliphatic heterocycles. The highest BCUT2D eigenvalue weighted by atomic mass is 35.5. The van der Waals surface area contributed by atoms with Gasteiger partial charge < -0.3 is 15.2 Å². The van der Waals surface area contributed by atoms with Gasteiger partial charge in [0.05, 0.1) is 12.1 Å². The third-order valence-electron chi connectivity index (χ3n) is 4.44. The Labute approximate surface area is 136 Å². The molecule has 1 aromatic rings. The molecule has 1 aliphatic rings. The van der Waals surface area contributed by atoms with Crippen LogP contribution in [0.25, 0.3) is 0 Å². The van der Waals surface area contributed by atoms with Crippen molar-refractivity contribution in [1.29, 1.82) is 0 Å². The Morgan fingerprint density at radius 1 is 1.27 bits per heavy atom. The fourth-order valence-corrected chi connectivity index (χ4v) is 2.94. The Kier molecular flexibility index (Phi) is 6.24. The molecule has 3 atom stereocenters. The molecule has 3 unspecified atom stereocenters. The van der Waals surface area contributed by atoms with E-state index in [1.54, 1.807) is 24.3 Å². The molecule has 2 N–H and O–H groups in total. The van der Waals surface area contributed by atoms with E-state index in [9.17, 15) is 9.90 Å². The minimum Gasteiger partial charge on any atom is -0.386 e. The lowest BCUT2D eigenvalue weighted by molar-refractivity contribution is -0.128. The lowest BCUT2D eigenvalue weighted by atomic mass is 9.86. The fraction of sp³-hybridized carbons (Fsp3) is 0.588. The maximum atomic E-state index is 12.4. The number of nitrogens with one attached hydrogen (secondary N) is 1. The summed E-state index contributed by atoms with van der Waals surface area (Å²) in [5.74, 6) is 0.282. The lowest BCUT2D eigenvalue weighted by Crippen LogP contribution is -2.42. The van der Waals surface area contributed by atoms with Crippen LogP contribution in [-0.4, -0.2) is 30.3 Å². The average molecular weight is 326 g/mol. The SMILES string of the molecule is CC(NC(=O)C(C)C1CCOCC1)C(O)c1ccc(Cl)cc1. The molecule has 0 saturated carbocycles. The zero-order valence-electron chi connectivity index (χ0n) is 13.1. The molecule has 1 aromatic carbocycles. The quantitative estimate of drug-likeness (QED) is 0.875. The number of benzene rings is 1.